The third-order valence-electron chi connectivity index (χ3n) is 3.56. The number of hydrogen-bond acceptors (Lipinski definition) is 5. The molecule has 1 aromatic carbocycles. The smallest absolute Gasteiger partial charge is 0.343 e. The summed E-state index contributed by atoms with van der Waals surface area (Å²) in [5.74, 6) is -3.89. The number of hydrogen-bond donors (Lipinski definition) is 1. The van der Waals surface area contributed by atoms with Crippen molar-refractivity contribution in [2.75, 3.05) is 20.2 Å². The molecule has 0 spiro atoms. The molecule has 1 saturated heterocycles. The van der Waals surface area contributed by atoms with Crippen LogP contribution in [0.15, 0.2) is 17.0 Å². The highest BCUT2D eigenvalue weighted by Gasteiger charge is 2.33. The summed E-state index contributed by atoms with van der Waals surface area (Å²) >= 11 is 0. The number of rotatable bonds is 3. The molecule has 122 valence electrons. The molecule has 0 amide bonds. The molecule has 2 N–H and O–H groups in total. The molecule has 2 rings (SSSR count). The van der Waals surface area contributed by atoms with Gasteiger partial charge in [-0.25, -0.2) is 22.0 Å². The zero-order chi connectivity index (χ0) is 16.5. The van der Waals surface area contributed by atoms with Crippen LogP contribution in [-0.2, 0) is 14.8 Å². The van der Waals surface area contributed by atoms with Crippen LogP contribution in [0.5, 0.6) is 0 Å². The maximum atomic E-state index is 14.3. The van der Waals surface area contributed by atoms with E-state index in [2.05, 4.69) is 4.74 Å². The normalized spacial score (nSPS) is 17.5. The van der Waals surface area contributed by atoms with Gasteiger partial charge in [-0.05, 0) is 25.0 Å². The summed E-state index contributed by atoms with van der Waals surface area (Å²) in [6.45, 7) is 0.293. The predicted molar refractivity (Wildman–Crippen MR) is 73.7 cm³/mol. The molecule has 9 heteroatoms. The number of piperidine rings is 1. The molecule has 1 fully saturated rings. The van der Waals surface area contributed by atoms with Crippen molar-refractivity contribution in [3.8, 4) is 0 Å². The standard InChI is InChI=1S/C13H16F2N2O4S/c1-21-13(18)11-9(14)2-3-10(12(11)15)22(19,20)17-6-4-8(16)5-7-17/h2-3,8H,4-7,16H2,1H3. The van der Waals surface area contributed by atoms with E-state index in [1.54, 1.807) is 0 Å². The predicted octanol–water partition coefficient (Wildman–Crippen LogP) is 0.863. The van der Waals surface area contributed by atoms with Crippen molar-refractivity contribution in [1.82, 2.24) is 4.31 Å². The number of ether oxygens (including phenoxy) is 1. The van der Waals surface area contributed by atoms with Crippen LogP contribution in [0.3, 0.4) is 0 Å². The minimum atomic E-state index is -4.17. The first-order valence-corrected chi connectivity index (χ1v) is 8.05. The van der Waals surface area contributed by atoms with E-state index in [4.69, 9.17) is 5.73 Å². The van der Waals surface area contributed by atoms with E-state index in [1.807, 2.05) is 0 Å². The highest BCUT2D eigenvalue weighted by atomic mass is 32.2. The molecule has 0 unspecified atom stereocenters. The Hall–Kier alpha value is -1.58. The van der Waals surface area contributed by atoms with Crippen molar-refractivity contribution in [1.29, 1.82) is 0 Å². The van der Waals surface area contributed by atoms with Gasteiger partial charge < -0.3 is 10.5 Å². The van der Waals surface area contributed by atoms with Crippen LogP contribution in [0.1, 0.15) is 23.2 Å². The highest BCUT2D eigenvalue weighted by Crippen LogP contribution is 2.26. The van der Waals surface area contributed by atoms with Crippen molar-refractivity contribution in [2.24, 2.45) is 5.73 Å². The lowest BCUT2D eigenvalue weighted by Gasteiger charge is -2.29. The first kappa shape index (κ1) is 16.8. The number of nitrogens with zero attached hydrogens (tertiary/aromatic N) is 1. The fourth-order valence-electron chi connectivity index (χ4n) is 2.28. The first-order valence-electron chi connectivity index (χ1n) is 6.61. The maximum absolute atomic E-state index is 14.3. The van der Waals surface area contributed by atoms with Gasteiger partial charge >= 0.3 is 5.97 Å². The number of halogens is 2. The molecule has 22 heavy (non-hydrogen) atoms. The molecule has 1 aliphatic rings. The van der Waals surface area contributed by atoms with Gasteiger partial charge in [0.15, 0.2) is 5.82 Å². The van der Waals surface area contributed by atoms with Gasteiger partial charge in [0.05, 0.1) is 7.11 Å². The Labute approximate surface area is 126 Å². The van der Waals surface area contributed by atoms with Gasteiger partial charge in [-0.15, -0.1) is 0 Å². The second kappa shape index (κ2) is 6.27. The van der Waals surface area contributed by atoms with Crippen molar-refractivity contribution in [2.45, 2.75) is 23.8 Å². The summed E-state index contributed by atoms with van der Waals surface area (Å²) in [5, 5.41) is 0. The average molecular weight is 334 g/mol. The summed E-state index contributed by atoms with van der Waals surface area (Å²) in [4.78, 5) is 10.7. The lowest BCUT2D eigenvalue weighted by molar-refractivity contribution is 0.0589. The monoisotopic (exact) mass is 334 g/mol. The van der Waals surface area contributed by atoms with Crippen LogP contribution in [0.2, 0.25) is 0 Å². The Morgan fingerprint density at radius 3 is 2.45 bits per heavy atom. The van der Waals surface area contributed by atoms with Crippen LogP contribution in [-0.4, -0.2) is 44.9 Å². The third kappa shape index (κ3) is 2.96. The first-order chi connectivity index (χ1) is 10.3. The average Bonchev–Trinajstić information content (AvgIpc) is 2.47. The van der Waals surface area contributed by atoms with Crippen molar-refractivity contribution in [3.05, 3.63) is 29.3 Å². The van der Waals surface area contributed by atoms with Gasteiger partial charge in [-0.2, -0.15) is 4.31 Å². The molecule has 0 bridgehead atoms. The largest absolute Gasteiger partial charge is 0.465 e. The summed E-state index contributed by atoms with van der Waals surface area (Å²) < 4.78 is 58.2. The molecule has 0 atom stereocenters. The molecule has 0 aromatic heterocycles. The molecule has 6 nitrogen and oxygen atoms in total. The minimum absolute atomic E-state index is 0.102. The quantitative estimate of drug-likeness (QED) is 0.828. The van der Waals surface area contributed by atoms with Gasteiger partial charge in [0, 0.05) is 19.1 Å². The van der Waals surface area contributed by atoms with E-state index in [0.29, 0.717) is 12.8 Å². The third-order valence-corrected chi connectivity index (χ3v) is 5.48. The van der Waals surface area contributed by atoms with E-state index in [-0.39, 0.29) is 19.1 Å². The SMILES string of the molecule is COC(=O)c1c(F)ccc(S(=O)(=O)N2CCC(N)CC2)c1F. The molecule has 0 aliphatic carbocycles. The molecule has 1 aliphatic heterocycles. The second-order valence-corrected chi connectivity index (χ2v) is 6.87. The molecule has 0 saturated carbocycles. The Morgan fingerprint density at radius 2 is 1.91 bits per heavy atom. The Kier molecular flexibility index (Phi) is 4.78. The fourth-order valence-corrected chi connectivity index (χ4v) is 3.82. The van der Waals surface area contributed by atoms with Crippen LogP contribution >= 0.6 is 0 Å². The summed E-state index contributed by atoms with van der Waals surface area (Å²) in [7, 11) is -3.22. The number of carbonyl (C=O) groups excluding carboxylic acids is 1. The van der Waals surface area contributed by atoms with E-state index >= 15 is 0 Å². The zero-order valence-electron chi connectivity index (χ0n) is 11.9. The molecular formula is C13H16F2N2O4S. The number of methoxy groups -OCH3 is 1. The van der Waals surface area contributed by atoms with Crippen LogP contribution in [0.25, 0.3) is 0 Å². The van der Waals surface area contributed by atoms with E-state index < -0.39 is 38.1 Å². The van der Waals surface area contributed by atoms with Gasteiger partial charge in [0.2, 0.25) is 10.0 Å². The second-order valence-electron chi connectivity index (χ2n) is 4.97. The van der Waals surface area contributed by atoms with Crippen molar-refractivity contribution < 1.29 is 26.7 Å². The van der Waals surface area contributed by atoms with E-state index in [1.165, 1.54) is 0 Å². The number of benzene rings is 1. The Bertz CT molecular complexity index is 686. The van der Waals surface area contributed by atoms with Gasteiger partial charge in [-0.1, -0.05) is 0 Å². The van der Waals surface area contributed by atoms with Crippen LogP contribution < -0.4 is 5.73 Å². The van der Waals surface area contributed by atoms with E-state index in [0.717, 1.165) is 23.5 Å². The summed E-state index contributed by atoms with van der Waals surface area (Å²) in [5.41, 5.74) is 4.69. The summed E-state index contributed by atoms with van der Waals surface area (Å²) in [6.07, 6.45) is 0.901. The number of carbonyl (C=O) groups is 1. The highest BCUT2D eigenvalue weighted by molar-refractivity contribution is 7.89. The van der Waals surface area contributed by atoms with Gasteiger partial charge in [0.25, 0.3) is 0 Å². The van der Waals surface area contributed by atoms with Crippen LogP contribution in [0, 0.1) is 11.6 Å². The number of nitrogens with two attached hydrogens (primary N) is 1. The molecule has 1 aromatic rings. The zero-order valence-corrected chi connectivity index (χ0v) is 12.7. The Balaban J connectivity index is 2.46. The summed E-state index contributed by atoms with van der Waals surface area (Å²) in [6, 6.07) is 1.44. The lowest BCUT2D eigenvalue weighted by atomic mass is 10.1. The van der Waals surface area contributed by atoms with E-state index in [9.17, 15) is 22.0 Å². The number of esters is 1. The van der Waals surface area contributed by atoms with Crippen molar-refractivity contribution in [3.63, 3.8) is 0 Å². The maximum Gasteiger partial charge on any atom is 0.343 e. The topological polar surface area (TPSA) is 89.7 Å². The Morgan fingerprint density at radius 1 is 1.32 bits per heavy atom. The lowest BCUT2D eigenvalue weighted by Crippen LogP contribution is -2.43. The number of sulfonamides is 1. The molecule has 1 heterocycles. The van der Waals surface area contributed by atoms with Gasteiger partial charge in [-0.3, -0.25) is 0 Å². The van der Waals surface area contributed by atoms with Crippen LogP contribution in [0.4, 0.5) is 8.78 Å². The minimum Gasteiger partial charge on any atom is -0.465 e. The molecular weight excluding hydrogens is 318 g/mol. The fraction of sp³-hybridized carbons (Fsp3) is 0.462. The van der Waals surface area contributed by atoms with Gasteiger partial charge in [0.1, 0.15) is 16.3 Å². The van der Waals surface area contributed by atoms with Crippen molar-refractivity contribution >= 4 is 16.0 Å². The molecule has 0 radical (unpaired) electrons.